The molecule has 0 bridgehead atoms. The SMILES string of the molecule is CC1=C(c2ccccc2)[C@@H]2CCC[C@@H]2C12CCCC2. The van der Waals surface area contributed by atoms with Gasteiger partial charge in [-0.2, -0.15) is 0 Å². The van der Waals surface area contributed by atoms with Crippen LogP contribution in [0, 0.1) is 17.3 Å². The van der Waals surface area contributed by atoms with Gasteiger partial charge in [-0.25, -0.2) is 0 Å². The van der Waals surface area contributed by atoms with Crippen LogP contribution in [0.3, 0.4) is 0 Å². The van der Waals surface area contributed by atoms with Crippen LogP contribution in [-0.2, 0) is 0 Å². The minimum atomic E-state index is 0.604. The van der Waals surface area contributed by atoms with Crippen LogP contribution in [0.15, 0.2) is 35.9 Å². The molecule has 3 aliphatic rings. The summed E-state index contributed by atoms with van der Waals surface area (Å²) in [6.45, 7) is 2.46. The summed E-state index contributed by atoms with van der Waals surface area (Å²) in [6, 6.07) is 11.2. The highest BCUT2D eigenvalue weighted by Gasteiger charge is 2.54. The maximum Gasteiger partial charge on any atom is -0.00506 e. The molecule has 2 saturated carbocycles. The van der Waals surface area contributed by atoms with Gasteiger partial charge in [0.15, 0.2) is 0 Å². The highest BCUT2D eigenvalue weighted by atomic mass is 14.6. The normalized spacial score (nSPS) is 32.3. The van der Waals surface area contributed by atoms with Gasteiger partial charge in [0.25, 0.3) is 0 Å². The molecule has 2 fully saturated rings. The zero-order chi connectivity index (χ0) is 12.9. The predicted octanol–water partition coefficient (Wildman–Crippen LogP) is 5.45. The molecule has 0 saturated heterocycles. The van der Waals surface area contributed by atoms with Crippen molar-refractivity contribution < 1.29 is 0 Å². The van der Waals surface area contributed by atoms with Gasteiger partial charge in [-0.1, -0.05) is 55.2 Å². The second kappa shape index (κ2) is 4.23. The summed E-state index contributed by atoms with van der Waals surface area (Å²) in [4.78, 5) is 0. The highest BCUT2D eigenvalue weighted by Crippen LogP contribution is 2.65. The standard InChI is InChI=1S/C19H24/c1-14-18(15-8-3-2-4-9-15)16-10-7-11-17(16)19(14)12-5-6-13-19/h2-4,8-9,16-17H,5-7,10-13H2,1H3/t16-,17+/m1/s1. The van der Waals surface area contributed by atoms with Crippen molar-refractivity contribution in [1.29, 1.82) is 0 Å². The number of hydrogen-bond donors (Lipinski definition) is 0. The zero-order valence-corrected chi connectivity index (χ0v) is 12.0. The van der Waals surface area contributed by atoms with Gasteiger partial charge >= 0.3 is 0 Å². The topological polar surface area (TPSA) is 0 Å². The van der Waals surface area contributed by atoms with E-state index < -0.39 is 0 Å². The van der Waals surface area contributed by atoms with E-state index in [4.69, 9.17) is 0 Å². The first kappa shape index (κ1) is 11.8. The smallest absolute Gasteiger partial charge is 0.00506 e. The van der Waals surface area contributed by atoms with Crippen molar-refractivity contribution in [2.24, 2.45) is 17.3 Å². The molecule has 0 heterocycles. The fourth-order valence-corrected chi connectivity index (χ4v) is 5.59. The largest absolute Gasteiger partial charge is 0.0627 e. The Morgan fingerprint density at radius 1 is 0.947 bits per heavy atom. The maximum atomic E-state index is 2.46. The molecule has 4 rings (SSSR count). The second-order valence-corrected chi connectivity index (χ2v) is 6.91. The molecule has 0 aromatic heterocycles. The third-order valence-corrected chi connectivity index (χ3v) is 6.33. The first-order chi connectivity index (χ1) is 9.33. The fourth-order valence-electron chi connectivity index (χ4n) is 5.59. The number of benzene rings is 1. The molecule has 19 heavy (non-hydrogen) atoms. The van der Waals surface area contributed by atoms with Gasteiger partial charge in [0.1, 0.15) is 0 Å². The van der Waals surface area contributed by atoms with E-state index in [1.54, 1.807) is 11.1 Å². The molecule has 0 heteroatoms. The molecule has 0 unspecified atom stereocenters. The molecule has 1 aromatic carbocycles. The van der Waals surface area contributed by atoms with Crippen LogP contribution in [0.2, 0.25) is 0 Å². The Morgan fingerprint density at radius 3 is 2.42 bits per heavy atom. The lowest BCUT2D eigenvalue weighted by Crippen LogP contribution is -2.25. The lowest BCUT2D eigenvalue weighted by Gasteiger charge is -2.33. The lowest BCUT2D eigenvalue weighted by molar-refractivity contribution is 0.219. The molecule has 0 radical (unpaired) electrons. The van der Waals surface area contributed by atoms with E-state index in [9.17, 15) is 0 Å². The first-order valence-electron chi connectivity index (χ1n) is 8.09. The van der Waals surface area contributed by atoms with Gasteiger partial charge in [0.2, 0.25) is 0 Å². The molecule has 3 aliphatic carbocycles. The number of fused-ring (bicyclic) bond motifs is 2. The van der Waals surface area contributed by atoms with E-state index in [2.05, 4.69) is 37.3 Å². The van der Waals surface area contributed by atoms with E-state index in [1.807, 2.05) is 0 Å². The van der Waals surface area contributed by atoms with Gasteiger partial charge in [0.05, 0.1) is 0 Å². The van der Waals surface area contributed by atoms with Gasteiger partial charge in [-0.15, -0.1) is 0 Å². The minimum Gasteiger partial charge on any atom is -0.0627 e. The molecule has 100 valence electrons. The average molecular weight is 252 g/mol. The highest BCUT2D eigenvalue weighted by molar-refractivity contribution is 5.75. The number of rotatable bonds is 1. The minimum absolute atomic E-state index is 0.604. The first-order valence-corrected chi connectivity index (χ1v) is 8.09. The van der Waals surface area contributed by atoms with Crippen LogP contribution >= 0.6 is 0 Å². The average Bonchev–Trinajstić information content (AvgIpc) is 3.12. The second-order valence-electron chi connectivity index (χ2n) is 6.91. The summed E-state index contributed by atoms with van der Waals surface area (Å²) in [5.74, 6) is 1.85. The molecule has 0 nitrogen and oxygen atoms in total. The molecular formula is C19H24. The maximum absolute atomic E-state index is 2.46. The van der Waals surface area contributed by atoms with Gasteiger partial charge < -0.3 is 0 Å². The van der Waals surface area contributed by atoms with Crippen molar-refractivity contribution >= 4 is 5.57 Å². The van der Waals surface area contributed by atoms with Crippen molar-refractivity contribution in [2.45, 2.75) is 51.9 Å². The van der Waals surface area contributed by atoms with Gasteiger partial charge in [-0.05, 0) is 61.0 Å². The Hall–Kier alpha value is -1.04. The molecule has 2 atom stereocenters. The van der Waals surface area contributed by atoms with Crippen molar-refractivity contribution in [3.63, 3.8) is 0 Å². The quantitative estimate of drug-likeness (QED) is 0.623. The van der Waals surface area contributed by atoms with Gasteiger partial charge in [-0.3, -0.25) is 0 Å². The molecule has 1 aromatic rings. The molecule has 0 amide bonds. The Balaban J connectivity index is 1.86. The molecule has 0 aliphatic heterocycles. The Labute approximate surface area is 116 Å². The van der Waals surface area contributed by atoms with Crippen molar-refractivity contribution in [3.8, 4) is 0 Å². The Morgan fingerprint density at radius 2 is 1.68 bits per heavy atom. The van der Waals surface area contributed by atoms with E-state index >= 15 is 0 Å². The van der Waals surface area contributed by atoms with Crippen molar-refractivity contribution in [1.82, 2.24) is 0 Å². The third-order valence-electron chi connectivity index (χ3n) is 6.33. The summed E-state index contributed by atoms with van der Waals surface area (Å²) >= 11 is 0. The van der Waals surface area contributed by atoms with E-state index in [-0.39, 0.29) is 0 Å². The van der Waals surface area contributed by atoms with Gasteiger partial charge in [0, 0.05) is 0 Å². The molecular weight excluding hydrogens is 228 g/mol. The summed E-state index contributed by atoms with van der Waals surface area (Å²) in [7, 11) is 0. The number of allylic oxidation sites excluding steroid dienone is 2. The predicted molar refractivity (Wildman–Crippen MR) is 80.8 cm³/mol. The fraction of sp³-hybridized carbons (Fsp3) is 0.579. The summed E-state index contributed by atoms with van der Waals surface area (Å²) in [6.07, 6.45) is 10.2. The molecule has 0 N–H and O–H groups in total. The third kappa shape index (κ3) is 1.52. The van der Waals surface area contributed by atoms with Crippen LogP contribution < -0.4 is 0 Å². The van der Waals surface area contributed by atoms with Crippen molar-refractivity contribution in [3.05, 3.63) is 41.5 Å². The van der Waals surface area contributed by atoms with Crippen molar-refractivity contribution in [2.75, 3.05) is 0 Å². The zero-order valence-electron chi connectivity index (χ0n) is 12.0. The molecule has 1 spiro atoms. The monoisotopic (exact) mass is 252 g/mol. The van der Waals surface area contributed by atoms with Crippen LogP contribution in [0.25, 0.3) is 5.57 Å². The Kier molecular flexibility index (Phi) is 2.62. The van der Waals surface area contributed by atoms with Crippen LogP contribution in [-0.4, -0.2) is 0 Å². The summed E-state index contributed by atoms with van der Waals surface area (Å²) in [5.41, 5.74) is 5.63. The number of hydrogen-bond acceptors (Lipinski definition) is 0. The summed E-state index contributed by atoms with van der Waals surface area (Å²) < 4.78 is 0. The van der Waals surface area contributed by atoms with Crippen LogP contribution in [0.1, 0.15) is 57.4 Å². The Bertz CT molecular complexity index is 502. The van der Waals surface area contributed by atoms with Crippen LogP contribution in [0.4, 0.5) is 0 Å². The summed E-state index contributed by atoms with van der Waals surface area (Å²) in [5, 5.41) is 0. The van der Waals surface area contributed by atoms with Crippen LogP contribution in [0.5, 0.6) is 0 Å². The van der Waals surface area contributed by atoms with E-state index in [1.165, 1.54) is 50.5 Å². The van der Waals surface area contributed by atoms with E-state index in [0.717, 1.165) is 11.8 Å². The lowest BCUT2D eigenvalue weighted by atomic mass is 9.71. The van der Waals surface area contributed by atoms with E-state index in [0.29, 0.717) is 5.41 Å².